The number of ether oxygens (including phenoxy) is 2. The molecule has 9 nitrogen and oxygen atoms in total. The van der Waals surface area contributed by atoms with E-state index >= 15 is 0 Å². The first-order chi connectivity index (χ1) is 28.3. The van der Waals surface area contributed by atoms with Gasteiger partial charge in [-0.05, 0) is 83.5 Å². The number of carbonyl (C=O) groups excluding carboxylic acids is 2. The number of nitrogens with two attached hydrogens (primary N) is 1. The molecule has 0 aliphatic carbocycles. The summed E-state index contributed by atoms with van der Waals surface area (Å²) in [5, 5.41) is 0. The van der Waals surface area contributed by atoms with Crippen LogP contribution in [0, 0.1) is 0 Å². The molecule has 0 bridgehead atoms. The van der Waals surface area contributed by atoms with E-state index in [0.717, 1.165) is 89.9 Å². The number of phosphoric ester groups is 1. The van der Waals surface area contributed by atoms with Crippen LogP contribution in [0.1, 0.15) is 200 Å². The fourth-order valence-corrected chi connectivity index (χ4v) is 6.91. The van der Waals surface area contributed by atoms with Crippen LogP contribution < -0.4 is 5.73 Å². The van der Waals surface area contributed by atoms with E-state index in [1.807, 2.05) is 0 Å². The summed E-state index contributed by atoms with van der Waals surface area (Å²) in [6.07, 6.45) is 52.4. The lowest BCUT2D eigenvalue weighted by atomic mass is 10.1. The smallest absolute Gasteiger partial charge is 0.462 e. The maximum Gasteiger partial charge on any atom is 0.472 e. The number of hydrogen-bond acceptors (Lipinski definition) is 8. The van der Waals surface area contributed by atoms with E-state index in [1.54, 1.807) is 0 Å². The van der Waals surface area contributed by atoms with E-state index < -0.39 is 32.5 Å². The number of carbonyl (C=O) groups is 2. The maximum absolute atomic E-state index is 12.6. The molecule has 0 aliphatic rings. The highest BCUT2D eigenvalue weighted by molar-refractivity contribution is 7.47. The lowest BCUT2D eigenvalue weighted by Gasteiger charge is -2.19. The fraction of sp³-hybridized carbons (Fsp3) is 0.750. The van der Waals surface area contributed by atoms with Gasteiger partial charge in [0.1, 0.15) is 6.61 Å². The highest BCUT2D eigenvalue weighted by Crippen LogP contribution is 2.43. The van der Waals surface area contributed by atoms with Gasteiger partial charge in [-0.3, -0.25) is 18.6 Å². The summed E-state index contributed by atoms with van der Waals surface area (Å²) in [7, 11) is -4.39. The van der Waals surface area contributed by atoms with Crippen LogP contribution in [0.25, 0.3) is 0 Å². The largest absolute Gasteiger partial charge is 0.472 e. The molecule has 0 rings (SSSR count). The molecule has 0 aromatic heterocycles. The topological polar surface area (TPSA) is 134 Å². The minimum atomic E-state index is -4.39. The molecule has 336 valence electrons. The first-order valence-electron chi connectivity index (χ1n) is 23.3. The Morgan fingerprint density at radius 3 is 1.36 bits per heavy atom. The van der Waals surface area contributed by atoms with Crippen LogP contribution in [0.2, 0.25) is 0 Å². The third kappa shape index (κ3) is 43.3. The molecule has 0 aromatic carbocycles. The average Bonchev–Trinajstić information content (AvgIpc) is 3.21. The van der Waals surface area contributed by atoms with Crippen LogP contribution in [-0.4, -0.2) is 49.3 Å². The summed E-state index contributed by atoms with van der Waals surface area (Å²) < 4.78 is 32.8. The van der Waals surface area contributed by atoms with E-state index in [1.165, 1.54) is 77.0 Å². The van der Waals surface area contributed by atoms with Gasteiger partial charge in [0.2, 0.25) is 0 Å². The summed E-state index contributed by atoms with van der Waals surface area (Å²) >= 11 is 0. The zero-order valence-electron chi connectivity index (χ0n) is 37.0. The van der Waals surface area contributed by atoms with Gasteiger partial charge in [0.15, 0.2) is 6.10 Å². The second kappa shape index (κ2) is 44.3. The zero-order valence-corrected chi connectivity index (χ0v) is 37.9. The fourth-order valence-electron chi connectivity index (χ4n) is 6.14. The molecular formula is C48H86NO8P. The van der Waals surface area contributed by atoms with E-state index in [9.17, 15) is 19.0 Å². The van der Waals surface area contributed by atoms with Crippen LogP contribution >= 0.6 is 7.82 Å². The first-order valence-corrected chi connectivity index (χ1v) is 24.8. The Bertz CT molecular complexity index is 1130. The zero-order chi connectivity index (χ0) is 42.5. The number of phosphoric acid groups is 1. The van der Waals surface area contributed by atoms with Gasteiger partial charge in [0.25, 0.3) is 0 Å². The van der Waals surface area contributed by atoms with Crippen LogP contribution in [0.3, 0.4) is 0 Å². The van der Waals surface area contributed by atoms with Crippen molar-refractivity contribution in [3.05, 3.63) is 60.8 Å². The third-order valence-electron chi connectivity index (χ3n) is 9.63. The lowest BCUT2D eigenvalue weighted by molar-refractivity contribution is -0.161. The minimum Gasteiger partial charge on any atom is -0.462 e. The van der Waals surface area contributed by atoms with Crippen molar-refractivity contribution < 1.29 is 37.6 Å². The van der Waals surface area contributed by atoms with Gasteiger partial charge >= 0.3 is 19.8 Å². The number of unbranched alkanes of at least 4 members (excludes halogenated alkanes) is 20. The standard InChI is InChI=1S/C48H86NO8P/c1-3-5-7-9-11-13-15-17-19-21-23-25-27-29-31-33-35-37-39-41-48(51)57-46(45-56-58(52,53)55-43-42-49)44-54-47(50)40-38-36-34-32-30-28-26-24-22-20-18-16-14-12-10-8-6-4-2/h11,13-14,16-17,19-20,22-23,25,46H,3-10,12,15,18,21,24,26-45,49H2,1-2H3,(H,52,53)/b13-11-,16-14-,19-17-,22-20-,25-23-. The van der Waals surface area contributed by atoms with Gasteiger partial charge < -0.3 is 20.1 Å². The van der Waals surface area contributed by atoms with Gasteiger partial charge in [-0.1, -0.05) is 164 Å². The molecule has 58 heavy (non-hydrogen) atoms. The second-order valence-electron chi connectivity index (χ2n) is 15.3. The Hall–Kier alpha value is -2.29. The average molecular weight is 836 g/mol. The van der Waals surface area contributed by atoms with Gasteiger partial charge in [-0.15, -0.1) is 0 Å². The van der Waals surface area contributed by atoms with E-state index in [4.69, 9.17) is 24.3 Å². The summed E-state index contributed by atoms with van der Waals surface area (Å²) in [5.74, 6) is -0.853. The van der Waals surface area contributed by atoms with Gasteiger partial charge in [0.05, 0.1) is 13.2 Å². The van der Waals surface area contributed by atoms with Crippen molar-refractivity contribution in [1.82, 2.24) is 0 Å². The quantitative estimate of drug-likeness (QED) is 0.0266. The van der Waals surface area contributed by atoms with Gasteiger partial charge in [-0.25, -0.2) is 4.57 Å². The Morgan fingerprint density at radius 2 is 0.897 bits per heavy atom. The Morgan fingerprint density at radius 1 is 0.517 bits per heavy atom. The van der Waals surface area contributed by atoms with Crippen molar-refractivity contribution in [2.24, 2.45) is 5.73 Å². The number of rotatable bonds is 43. The normalized spacial score (nSPS) is 13.8. The molecule has 0 heterocycles. The molecule has 0 amide bonds. The second-order valence-corrected chi connectivity index (χ2v) is 16.7. The summed E-state index contributed by atoms with van der Waals surface area (Å²) in [4.78, 5) is 35.0. The molecule has 0 fully saturated rings. The minimum absolute atomic E-state index is 0.0474. The molecule has 0 radical (unpaired) electrons. The third-order valence-corrected chi connectivity index (χ3v) is 10.6. The predicted molar refractivity (Wildman–Crippen MR) is 243 cm³/mol. The molecule has 0 saturated heterocycles. The van der Waals surface area contributed by atoms with Crippen LogP contribution in [0.5, 0.6) is 0 Å². The molecule has 2 unspecified atom stereocenters. The first kappa shape index (κ1) is 55.7. The highest BCUT2D eigenvalue weighted by Gasteiger charge is 2.26. The summed E-state index contributed by atoms with van der Waals surface area (Å²) in [6.45, 7) is 3.67. The Balaban J connectivity index is 4.16. The number of allylic oxidation sites excluding steroid dienone is 10. The van der Waals surface area contributed by atoms with E-state index in [-0.39, 0.29) is 32.6 Å². The van der Waals surface area contributed by atoms with Crippen molar-refractivity contribution in [3.8, 4) is 0 Å². The number of hydrogen-bond donors (Lipinski definition) is 2. The molecule has 0 spiro atoms. The van der Waals surface area contributed by atoms with Crippen molar-refractivity contribution in [3.63, 3.8) is 0 Å². The van der Waals surface area contributed by atoms with Gasteiger partial charge in [0, 0.05) is 19.4 Å². The summed E-state index contributed by atoms with van der Waals surface area (Å²) in [6, 6.07) is 0. The molecule has 10 heteroatoms. The van der Waals surface area contributed by atoms with Crippen LogP contribution in [0.4, 0.5) is 0 Å². The number of esters is 2. The summed E-state index contributed by atoms with van der Waals surface area (Å²) in [5.41, 5.74) is 5.35. The molecule has 0 saturated carbocycles. The Kier molecular flexibility index (Phi) is 42.5. The SMILES string of the molecule is CCCCC/C=C\C/C=C\C/C=C\CCCCCCCCC(=O)OC(COC(=O)CCCCCCCCC/C=C\C/C=C\CCCCCC)COP(=O)(O)OCCN. The predicted octanol–water partition coefficient (Wildman–Crippen LogP) is 13.7. The Labute approximate surface area is 355 Å². The molecule has 2 atom stereocenters. The lowest BCUT2D eigenvalue weighted by Crippen LogP contribution is -2.29. The monoisotopic (exact) mass is 836 g/mol. The molecule has 3 N–H and O–H groups in total. The molecular weight excluding hydrogens is 750 g/mol. The maximum atomic E-state index is 12.6. The molecule has 0 aromatic rings. The molecule has 0 aliphatic heterocycles. The van der Waals surface area contributed by atoms with E-state index in [2.05, 4.69) is 74.6 Å². The van der Waals surface area contributed by atoms with Crippen molar-refractivity contribution >= 4 is 19.8 Å². The van der Waals surface area contributed by atoms with E-state index in [0.29, 0.717) is 6.42 Å². The van der Waals surface area contributed by atoms with Crippen molar-refractivity contribution in [2.45, 2.75) is 206 Å². The van der Waals surface area contributed by atoms with Gasteiger partial charge in [-0.2, -0.15) is 0 Å². The van der Waals surface area contributed by atoms with Crippen molar-refractivity contribution in [2.75, 3.05) is 26.4 Å². The van der Waals surface area contributed by atoms with Crippen LogP contribution in [0.15, 0.2) is 60.8 Å². The van der Waals surface area contributed by atoms with Crippen molar-refractivity contribution in [1.29, 1.82) is 0 Å². The van der Waals surface area contributed by atoms with Crippen LogP contribution in [-0.2, 0) is 32.7 Å². The highest BCUT2D eigenvalue weighted by atomic mass is 31.2.